The molecule has 0 aliphatic heterocycles. The highest BCUT2D eigenvalue weighted by Gasteiger charge is 2.79. The summed E-state index contributed by atoms with van der Waals surface area (Å²) in [4.78, 5) is 0. The van der Waals surface area contributed by atoms with Gasteiger partial charge in [-0.1, -0.05) is 33.6 Å². The van der Waals surface area contributed by atoms with Gasteiger partial charge in [0.15, 0.2) is 13.3 Å². The Balaban J connectivity index is -0.0000000625. The lowest BCUT2D eigenvalue weighted by atomic mass is 10.3. The van der Waals surface area contributed by atoms with Gasteiger partial charge in [0.05, 0.1) is 20.0 Å². The first-order valence-electron chi connectivity index (χ1n) is 9.14. The van der Waals surface area contributed by atoms with Gasteiger partial charge in [-0.05, 0) is 0 Å². The van der Waals surface area contributed by atoms with Crippen LogP contribution in [0.1, 0.15) is 49.5 Å². The van der Waals surface area contributed by atoms with Crippen molar-refractivity contribution in [2.24, 2.45) is 0 Å². The van der Waals surface area contributed by atoms with Gasteiger partial charge >= 0.3 is 52.2 Å². The van der Waals surface area contributed by atoms with E-state index in [1.165, 1.54) is 0 Å². The lowest BCUT2D eigenvalue weighted by molar-refractivity contribution is -0.396. The Kier molecular flexibility index (Phi) is 35.0. The summed E-state index contributed by atoms with van der Waals surface area (Å²) in [6.45, 7) is -6.34. The number of rotatable bonds is 7. The fourth-order valence-corrected chi connectivity index (χ4v) is 1.29. The maximum Gasteiger partial charge on any atom is 0.445 e. The third kappa shape index (κ3) is 38.6. The number of halogens is 24. The molecule has 0 spiro atoms. The number of hydrogen-bond acceptors (Lipinski definition) is 3. The second-order valence-corrected chi connectivity index (χ2v) is 8.02. The number of hydrogen-bond donors (Lipinski definition) is 0. The van der Waals surface area contributed by atoms with E-state index in [0.29, 0.717) is 14.1 Å². The average molecular weight is 796 g/mol. The molecule has 300 valence electrons. The van der Waals surface area contributed by atoms with Crippen LogP contribution in [-0.2, 0) is 15.0 Å². The van der Waals surface area contributed by atoms with Gasteiger partial charge in [-0.2, -0.15) is 87.4 Å². The van der Waals surface area contributed by atoms with Crippen molar-refractivity contribution in [3.8, 4) is 0 Å². The minimum atomic E-state index is -7.52. The highest BCUT2D eigenvalue weighted by atomic mass is 32.3. The standard InChI is InChI=1S/C5H2F10O3S.C4H4F6.C3H5F3.C2H2F4.CH3F.4CH4/c6-2(7,8)1-18-4(11,12)3(9,10)5(13,14)19(15,16)17;5-3(6,7)1-2-4(8,9)10;1-3(5,6)2-4;3-1-2(4,5)6;1-2;;;;/h1H2;1-2H2;2H2,1H3;1H2;1H3;4*1H4. The van der Waals surface area contributed by atoms with Crippen LogP contribution in [0, 0.1) is 0 Å². The predicted molar refractivity (Wildman–Crippen MR) is 121 cm³/mol. The monoisotopic (exact) mass is 796 g/mol. The van der Waals surface area contributed by atoms with E-state index in [-0.39, 0.29) is 29.7 Å². The van der Waals surface area contributed by atoms with Crippen LogP contribution in [-0.4, -0.2) is 83.5 Å². The maximum absolute atomic E-state index is 12.4. The Labute approximate surface area is 253 Å². The van der Waals surface area contributed by atoms with Gasteiger partial charge in [-0.15, -0.1) is 0 Å². The van der Waals surface area contributed by atoms with Crippen LogP contribution in [0.2, 0.25) is 0 Å². The second kappa shape index (κ2) is 24.4. The van der Waals surface area contributed by atoms with E-state index in [1.54, 1.807) is 0 Å². The fourth-order valence-electron chi connectivity index (χ4n) is 0.869. The molecule has 0 unspecified atom stereocenters. The zero-order chi connectivity index (χ0) is 36.7. The summed E-state index contributed by atoms with van der Waals surface area (Å²) < 4.78 is 292. The van der Waals surface area contributed by atoms with Crippen molar-refractivity contribution in [3.05, 3.63) is 0 Å². The van der Waals surface area contributed by atoms with E-state index in [4.69, 9.17) is 0 Å². The van der Waals surface area contributed by atoms with E-state index in [1.807, 2.05) is 0 Å². The second-order valence-electron chi connectivity index (χ2n) is 6.63. The predicted octanol–water partition coefficient (Wildman–Crippen LogP) is 11.8. The van der Waals surface area contributed by atoms with E-state index in [9.17, 15) is 113 Å². The van der Waals surface area contributed by atoms with Crippen molar-refractivity contribution in [2.75, 3.05) is 27.1 Å². The lowest BCUT2D eigenvalue weighted by Crippen LogP contribution is -2.58. The first-order chi connectivity index (χ1) is 18.3. The molecule has 0 aromatic carbocycles. The minimum absolute atomic E-state index is 0. The molecule has 0 aliphatic carbocycles. The summed E-state index contributed by atoms with van der Waals surface area (Å²) in [7, 11) is -7.02. The maximum atomic E-state index is 12.4. The molecule has 0 saturated carbocycles. The van der Waals surface area contributed by atoms with Crippen LogP contribution >= 0.6 is 0 Å². The summed E-state index contributed by atoms with van der Waals surface area (Å²) in [6, 6.07) is 0. The summed E-state index contributed by atoms with van der Waals surface area (Å²) >= 11 is 0. The highest BCUT2D eigenvalue weighted by molar-refractivity contribution is 7.87. The Bertz CT molecular complexity index is 795. The zero-order valence-corrected chi connectivity index (χ0v) is 21.1. The topological polar surface area (TPSA) is 43.4 Å². The normalized spacial score (nSPS) is 12.5. The number of alkyl halides is 23. The Morgan fingerprint density at radius 2 is 0.745 bits per heavy atom. The lowest BCUT2D eigenvalue weighted by Gasteiger charge is -2.29. The molecule has 0 heterocycles. The van der Waals surface area contributed by atoms with Gasteiger partial charge in [0.2, 0.25) is 0 Å². The van der Waals surface area contributed by atoms with Crippen LogP contribution < -0.4 is 0 Å². The van der Waals surface area contributed by atoms with Crippen molar-refractivity contribution >= 4 is 10.2 Å². The van der Waals surface area contributed by atoms with E-state index < -0.39 is 90.9 Å². The van der Waals surface area contributed by atoms with Crippen molar-refractivity contribution in [1.82, 2.24) is 0 Å². The summed E-state index contributed by atoms with van der Waals surface area (Å²) in [5, 5.41) is -6.98. The van der Waals surface area contributed by atoms with Gasteiger partial charge in [0.1, 0.15) is 6.61 Å². The molecule has 0 amide bonds. The molecular weight excluding hydrogens is 764 g/mol. The van der Waals surface area contributed by atoms with Crippen LogP contribution in [0.3, 0.4) is 0 Å². The molecule has 0 fully saturated rings. The molecule has 47 heavy (non-hydrogen) atoms. The first-order valence-corrected chi connectivity index (χ1v) is 10.5. The van der Waals surface area contributed by atoms with Gasteiger partial charge < -0.3 is 4.74 Å². The van der Waals surface area contributed by atoms with E-state index in [0.717, 1.165) is 0 Å². The Morgan fingerprint density at radius 1 is 0.511 bits per heavy atom. The minimum Gasteiger partial charge on any atom is -0.306 e. The van der Waals surface area contributed by atoms with Crippen LogP contribution in [0.5, 0.6) is 0 Å². The number of ether oxygens (including phenoxy) is 1. The third-order valence-corrected chi connectivity index (χ3v) is 3.40. The van der Waals surface area contributed by atoms with Crippen LogP contribution in [0.15, 0.2) is 0 Å². The molecular formula is C19H32F24O3S. The van der Waals surface area contributed by atoms with Crippen molar-refractivity contribution in [2.45, 2.75) is 97.4 Å². The van der Waals surface area contributed by atoms with Gasteiger partial charge in [-0.25, -0.2) is 17.6 Å². The van der Waals surface area contributed by atoms with E-state index in [2.05, 4.69) is 4.74 Å². The van der Waals surface area contributed by atoms with E-state index >= 15 is 0 Å². The molecule has 0 saturated heterocycles. The van der Waals surface area contributed by atoms with Gasteiger partial charge in [-0.3, -0.25) is 4.39 Å². The zero-order valence-electron chi connectivity index (χ0n) is 20.2. The average Bonchev–Trinajstić information content (AvgIpc) is 2.76. The molecule has 0 atom stereocenters. The van der Waals surface area contributed by atoms with Gasteiger partial charge in [0.25, 0.3) is 5.92 Å². The largest absolute Gasteiger partial charge is 0.445 e. The SMILES string of the molecule is C.C.C.C.CC(F)(F)CF.CF.FC(F)(F)CCC(F)(F)F.FCC(F)(F)F.O=S(=O)(F)C(F)(F)C(F)(F)C(F)(F)OCC(F)(F)F. The Morgan fingerprint density at radius 3 is 0.872 bits per heavy atom. The van der Waals surface area contributed by atoms with Crippen molar-refractivity contribution < 1.29 is 118 Å². The molecule has 0 bridgehead atoms. The first kappa shape index (κ1) is 67.4. The molecule has 0 aromatic rings. The third-order valence-electron chi connectivity index (χ3n) is 2.53. The molecule has 0 aromatic heterocycles. The molecule has 0 radical (unpaired) electrons. The van der Waals surface area contributed by atoms with Crippen molar-refractivity contribution in [3.63, 3.8) is 0 Å². The van der Waals surface area contributed by atoms with Crippen molar-refractivity contribution in [1.29, 1.82) is 0 Å². The summed E-state index contributed by atoms with van der Waals surface area (Å²) in [5.41, 5.74) is 0. The van der Waals surface area contributed by atoms with Gasteiger partial charge in [0, 0.05) is 6.92 Å². The molecule has 3 nitrogen and oxygen atoms in total. The quantitative estimate of drug-likeness (QED) is 0.190. The molecule has 28 heteroatoms. The van der Waals surface area contributed by atoms with Crippen LogP contribution in [0.4, 0.5) is 105 Å². The Hall–Kier alpha value is -1.77. The highest BCUT2D eigenvalue weighted by Crippen LogP contribution is 2.49. The molecule has 0 aliphatic rings. The summed E-state index contributed by atoms with van der Waals surface area (Å²) in [5.74, 6) is -10.2. The smallest absolute Gasteiger partial charge is 0.306 e. The van der Waals surface area contributed by atoms with Crippen LogP contribution in [0.25, 0.3) is 0 Å². The molecule has 0 N–H and O–H groups in total. The summed E-state index contributed by atoms with van der Waals surface area (Å²) in [6.07, 6.45) is -29.8. The fraction of sp³-hybridized carbons (Fsp3) is 1.00. The molecule has 0 rings (SSSR count).